The molecule has 1 aromatic heterocycles. The summed E-state index contributed by atoms with van der Waals surface area (Å²) in [6, 6.07) is 16.2. The van der Waals surface area contributed by atoms with Gasteiger partial charge < -0.3 is 4.90 Å². The topological polar surface area (TPSA) is 51.0 Å². The summed E-state index contributed by atoms with van der Waals surface area (Å²) < 4.78 is 2.72. The first-order valence-corrected chi connectivity index (χ1v) is 8.82. The minimum atomic E-state index is 0.0909. The normalized spacial score (nSPS) is 14.0. The SMILES string of the molecule is O=C(Cn1nnc2ccccc21)N(Cc1cccc(Br)c1)C1CC1. The third-order valence-corrected chi connectivity index (χ3v) is 4.75. The van der Waals surface area contributed by atoms with E-state index in [4.69, 9.17) is 0 Å². The molecule has 24 heavy (non-hydrogen) atoms. The number of nitrogens with zero attached hydrogens (tertiary/aromatic N) is 4. The first-order chi connectivity index (χ1) is 11.7. The van der Waals surface area contributed by atoms with Gasteiger partial charge in [0.05, 0.1) is 5.52 Å². The van der Waals surface area contributed by atoms with Crippen molar-refractivity contribution < 1.29 is 4.79 Å². The molecule has 2 aromatic carbocycles. The van der Waals surface area contributed by atoms with Crippen LogP contribution >= 0.6 is 15.9 Å². The fraction of sp³-hybridized carbons (Fsp3) is 0.278. The Kier molecular flexibility index (Phi) is 4.06. The molecule has 1 fully saturated rings. The van der Waals surface area contributed by atoms with Crippen LogP contribution in [0.5, 0.6) is 0 Å². The van der Waals surface area contributed by atoms with Crippen LogP contribution in [-0.2, 0) is 17.9 Å². The highest BCUT2D eigenvalue weighted by Crippen LogP contribution is 2.29. The molecule has 0 atom stereocenters. The van der Waals surface area contributed by atoms with Gasteiger partial charge in [0.15, 0.2) is 0 Å². The molecule has 0 saturated heterocycles. The molecule has 1 aliphatic carbocycles. The number of hydrogen-bond acceptors (Lipinski definition) is 3. The quantitative estimate of drug-likeness (QED) is 0.677. The van der Waals surface area contributed by atoms with Gasteiger partial charge in [0.1, 0.15) is 12.1 Å². The first-order valence-electron chi connectivity index (χ1n) is 8.03. The second kappa shape index (κ2) is 6.36. The van der Waals surface area contributed by atoms with Crippen LogP contribution in [0, 0.1) is 0 Å². The minimum absolute atomic E-state index is 0.0909. The summed E-state index contributed by atoms with van der Waals surface area (Å²) in [5, 5.41) is 8.25. The highest BCUT2D eigenvalue weighted by Gasteiger charge is 2.32. The zero-order valence-electron chi connectivity index (χ0n) is 13.1. The minimum Gasteiger partial charge on any atom is -0.334 e. The van der Waals surface area contributed by atoms with Crippen molar-refractivity contribution in [2.24, 2.45) is 0 Å². The standard InChI is InChI=1S/C18H17BrN4O/c19-14-5-3-4-13(10-14)11-22(15-8-9-15)18(24)12-23-17-7-2-1-6-16(17)20-21-23/h1-7,10,15H,8-9,11-12H2. The van der Waals surface area contributed by atoms with Crippen LogP contribution in [0.3, 0.4) is 0 Å². The molecule has 1 amide bonds. The molecule has 0 spiro atoms. The third-order valence-electron chi connectivity index (χ3n) is 4.26. The maximum absolute atomic E-state index is 12.9. The van der Waals surface area contributed by atoms with Gasteiger partial charge in [0.25, 0.3) is 0 Å². The molecule has 1 saturated carbocycles. The molecule has 0 bridgehead atoms. The fourth-order valence-electron chi connectivity index (χ4n) is 2.89. The Hall–Kier alpha value is -2.21. The summed E-state index contributed by atoms with van der Waals surface area (Å²) in [4.78, 5) is 14.8. The van der Waals surface area contributed by atoms with Gasteiger partial charge in [-0.1, -0.05) is 45.4 Å². The smallest absolute Gasteiger partial charge is 0.244 e. The largest absolute Gasteiger partial charge is 0.334 e. The Bertz CT molecular complexity index is 887. The summed E-state index contributed by atoms with van der Waals surface area (Å²) in [7, 11) is 0. The highest BCUT2D eigenvalue weighted by atomic mass is 79.9. The third kappa shape index (κ3) is 3.19. The number of amides is 1. The molecule has 5 nitrogen and oxygen atoms in total. The molecule has 3 aromatic rings. The summed E-state index contributed by atoms with van der Waals surface area (Å²) in [6.07, 6.45) is 2.16. The molecule has 6 heteroatoms. The van der Waals surface area contributed by atoms with Crippen molar-refractivity contribution in [3.63, 3.8) is 0 Å². The van der Waals surface area contributed by atoms with Crippen LogP contribution in [0.25, 0.3) is 11.0 Å². The number of aromatic nitrogens is 3. The average Bonchev–Trinajstić information content (AvgIpc) is 3.35. The van der Waals surface area contributed by atoms with Crippen molar-refractivity contribution in [1.82, 2.24) is 19.9 Å². The van der Waals surface area contributed by atoms with Crippen LogP contribution in [0.4, 0.5) is 0 Å². The van der Waals surface area contributed by atoms with Gasteiger partial charge in [-0.2, -0.15) is 0 Å². The van der Waals surface area contributed by atoms with Crippen molar-refractivity contribution in [1.29, 1.82) is 0 Å². The average molecular weight is 385 g/mol. The number of rotatable bonds is 5. The van der Waals surface area contributed by atoms with Crippen LogP contribution < -0.4 is 0 Å². The van der Waals surface area contributed by atoms with Gasteiger partial charge >= 0.3 is 0 Å². The maximum atomic E-state index is 12.9. The van der Waals surface area contributed by atoms with E-state index in [9.17, 15) is 4.79 Å². The van der Waals surface area contributed by atoms with Crippen molar-refractivity contribution in [2.45, 2.75) is 32.0 Å². The fourth-order valence-corrected chi connectivity index (χ4v) is 3.34. The van der Waals surface area contributed by atoms with Gasteiger partial charge in [0, 0.05) is 17.1 Å². The van der Waals surface area contributed by atoms with Gasteiger partial charge in [0.2, 0.25) is 5.91 Å². The lowest BCUT2D eigenvalue weighted by Crippen LogP contribution is -2.35. The highest BCUT2D eigenvalue weighted by molar-refractivity contribution is 9.10. The zero-order chi connectivity index (χ0) is 16.5. The zero-order valence-corrected chi connectivity index (χ0v) is 14.7. The molecule has 122 valence electrons. The number of benzene rings is 2. The van der Waals surface area contributed by atoms with Crippen LogP contribution in [0.2, 0.25) is 0 Å². The van der Waals surface area contributed by atoms with Gasteiger partial charge in [-0.3, -0.25) is 4.79 Å². The van der Waals surface area contributed by atoms with E-state index in [2.05, 4.69) is 38.4 Å². The molecular formula is C18H17BrN4O. The van der Waals surface area contributed by atoms with E-state index in [1.807, 2.05) is 41.3 Å². The van der Waals surface area contributed by atoms with Crippen LogP contribution in [0.15, 0.2) is 53.0 Å². The van der Waals surface area contributed by atoms with E-state index in [0.29, 0.717) is 12.6 Å². The second-order valence-corrected chi connectivity index (χ2v) is 7.03. The molecule has 0 N–H and O–H groups in total. The number of hydrogen-bond donors (Lipinski definition) is 0. The first kappa shape index (κ1) is 15.3. The van der Waals surface area contributed by atoms with Gasteiger partial charge in [-0.25, -0.2) is 4.68 Å². The van der Waals surface area contributed by atoms with E-state index >= 15 is 0 Å². The van der Waals surface area contributed by atoms with E-state index < -0.39 is 0 Å². The Morgan fingerprint density at radius 2 is 2.04 bits per heavy atom. The number of halogens is 1. The summed E-state index contributed by atoms with van der Waals surface area (Å²) in [5.41, 5.74) is 2.84. The van der Waals surface area contributed by atoms with E-state index in [-0.39, 0.29) is 12.5 Å². The Morgan fingerprint density at radius 1 is 1.21 bits per heavy atom. The number of carbonyl (C=O) groups is 1. The lowest BCUT2D eigenvalue weighted by atomic mass is 10.2. The lowest BCUT2D eigenvalue weighted by molar-refractivity contribution is -0.133. The monoisotopic (exact) mass is 384 g/mol. The number of para-hydroxylation sites is 1. The van der Waals surface area contributed by atoms with Crippen LogP contribution in [0.1, 0.15) is 18.4 Å². The summed E-state index contributed by atoms with van der Waals surface area (Å²) in [6.45, 7) is 0.862. The van der Waals surface area contributed by atoms with Gasteiger partial charge in [-0.05, 0) is 42.7 Å². The predicted octanol–water partition coefficient (Wildman–Crippen LogP) is 3.39. The van der Waals surface area contributed by atoms with E-state index in [0.717, 1.165) is 33.9 Å². The molecule has 0 aliphatic heterocycles. The predicted molar refractivity (Wildman–Crippen MR) is 95.2 cm³/mol. The molecular weight excluding hydrogens is 368 g/mol. The van der Waals surface area contributed by atoms with Gasteiger partial charge in [-0.15, -0.1) is 5.10 Å². The summed E-state index contributed by atoms with van der Waals surface area (Å²) in [5.74, 6) is 0.0909. The maximum Gasteiger partial charge on any atom is 0.244 e. The van der Waals surface area contributed by atoms with Crippen molar-refractivity contribution in [3.05, 3.63) is 58.6 Å². The Balaban J connectivity index is 1.54. The Labute approximate surface area is 148 Å². The molecule has 0 unspecified atom stereocenters. The number of fused-ring (bicyclic) bond motifs is 1. The second-order valence-electron chi connectivity index (χ2n) is 6.12. The molecule has 1 aliphatic rings. The molecule has 1 heterocycles. The Morgan fingerprint density at radius 3 is 2.83 bits per heavy atom. The molecule has 0 radical (unpaired) electrons. The summed E-state index contributed by atoms with van der Waals surface area (Å²) >= 11 is 3.49. The van der Waals surface area contributed by atoms with E-state index in [1.54, 1.807) is 4.68 Å². The van der Waals surface area contributed by atoms with E-state index in [1.165, 1.54) is 0 Å². The molecule has 4 rings (SSSR count). The van der Waals surface area contributed by atoms with Crippen LogP contribution in [-0.4, -0.2) is 31.8 Å². The lowest BCUT2D eigenvalue weighted by Gasteiger charge is -2.22. The van der Waals surface area contributed by atoms with Crippen molar-refractivity contribution in [2.75, 3.05) is 0 Å². The van der Waals surface area contributed by atoms with Crippen molar-refractivity contribution in [3.8, 4) is 0 Å². The number of carbonyl (C=O) groups excluding carboxylic acids is 1. The van der Waals surface area contributed by atoms with Crippen molar-refractivity contribution >= 4 is 32.9 Å².